The lowest BCUT2D eigenvalue weighted by molar-refractivity contribution is 0.223. The molecule has 3 rings (SSSR count). The average molecular weight is 468 g/mol. The Kier molecular flexibility index (Phi) is 9.23. The van der Waals surface area contributed by atoms with Gasteiger partial charge in [-0.25, -0.2) is 0 Å². The maximum atomic E-state index is 6.15. The Morgan fingerprint density at radius 1 is 0.750 bits per heavy atom. The van der Waals surface area contributed by atoms with E-state index in [4.69, 9.17) is 27.9 Å². The highest BCUT2D eigenvalue weighted by Gasteiger charge is 2.11. The van der Waals surface area contributed by atoms with E-state index in [0.29, 0.717) is 6.61 Å². The minimum Gasteiger partial charge on any atom is -0.492 e. The molecule has 0 N–H and O–H groups in total. The molecular weight excluding hydrogens is 437 g/mol. The van der Waals surface area contributed by atoms with Crippen molar-refractivity contribution >= 4 is 28.8 Å². The van der Waals surface area contributed by atoms with Crippen LogP contribution in [0.4, 0.5) is 0 Å². The topological polar surface area (TPSA) is 12.5 Å². The number of allylic oxidation sites excluding steroid dienone is 1. The molecule has 0 aliphatic heterocycles. The van der Waals surface area contributed by atoms with Crippen LogP contribution < -0.4 is 4.74 Å². The van der Waals surface area contributed by atoms with Gasteiger partial charge in [-0.05, 0) is 85.1 Å². The molecule has 0 spiro atoms. The first kappa shape index (κ1) is 24.4. The molecule has 0 saturated heterocycles. The molecule has 0 unspecified atom stereocenters. The highest BCUT2D eigenvalue weighted by molar-refractivity contribution is 6.30. The summed E-state index contributed by atoms with van der Waals surface area (Å²) in [4.78, 5) is 2.36. The molecule has 2 nitrogen and oxygen atoms in total. The van der Waals surface area contributed by atoms with E-state index >= 15 is 0 Å². The fraction of sp³-hybridized carbons (Fsp3) is 0.286. The van der Waals surface area contributed by atoms with Crippen molar-refractivity contribution in [3.63, 3.8) is 0 Å². The van der Waals surface area contributed by atoms with Crippen molar-refractivity contribution in [3.05, 3.63) is 105 Å². The van der Waals surface area contributed by atoms with Crippen LogP contribution in [0.25, 0.3) is 5.57 Å². The van der Waals surface area contributed by atoms with Crippen LogP contribution in [0.5, 0.6) is 5.75 Å². The quantitative estimate of drug-likeness (QED) is 0.301. The molecule has 0 saturated carbocycles. The Morgan fingerprint density at radius 2 is 1.25 bits per heavy atom. The zero-order valence-electron chi connectivity index (χ0n) is 19.1. The summed E-state index contributed by atoms with van der Waals surface area (Å²) in [7, 11) is 0. The summed E-state index contributed by atoms with van der Waals surface area (Å²) in [6.07, 6.45) is 0.844. The molecule has 168 valence electrons. The number of benzene rings is 3. The van der Waals surface area contributed by atoms with Gasteiger partial charge in [-0.15, -0.1) is 0 Å². The third-order valence-electron chi connectivity index (χ3n) is 5.66. The van der Waals surface area contributed by atoms with Crippen molar-refractivity contribution < 1.29 is 4.74 Å². The van der Waals surface area contributed by atoms with Crippen molar-refractivity contribution in [2.75, 3.05) is 26.2 Å². The summed E-state index contributed by atoms with van der Waals surface area (Å²) in [5.74, 6) is 0.895. The number of nitrogens with zero attached hydrogens (tertiary/aromatic N) is 1. The first-order valence-corrected chi connectivity index (χ1v) is 11.9. The molecular formula is C28H31Cl2NO. The third kappa shape index (κ3) is 6.87. The van der Waals surface area contributed by atoms with Gasteiger partial charge in [-0.3, -0.25) is 0 Å². The van der Waals surface area contributed by atoms with Gasteiger partial charge in [-0.1, -0.05) is 79.0 Å². The fourth-order valence-corrected chi connectivity index (χ4v) is 4.08. The van der Waals surface area contributed by atoms with Gasteiger partial charge in [0.2, 0.25) is 0 Å². The van der Waals surface area contributed by atoms with Crippen molar-refractivity contribution in [2.45, 2.75) is 27.2 Å². The summed E-state index contributed by atoms with van der Waals surface area (Å²) in [5, 5.41) is 1.49. The Hall–Kier alpha value is -2.26. The van der Waals surface area contributed by atoms with Crippen molar-refractivity contribution in [1.82, 2.24) is 4.90 Å². The smallest absolute Gasteiger partial charge is 0.119 e. The minimum atomic E-state index is 0.691. The largest absolute Gasteiger partial charge is 0.492 e. The predicted octanol–water partition coefficient (Wildman–Crippen LogP) is 7.78. The summed E-state index contributed by atoms with van der Waals surface area (Å²) in [6.45, 7) is 10.3. The van der Waals surface area contributed by atoms with Crippen LogP contribution in [0.1, 0.15) is 37.5 Å². The molecule has 4 heteroatoms. The van der Waals surface area contributed by atoms with Crippen LogP contribution in [0.15, 0.2) is 78.4 Å². The van der Waals surface area contributed by atoms with Gasteiger partial charge in [-0.2, -0.15) is 0 Å². The van der Waals surface area contributed by atoms with Gasteiger partial charge in [0, 0.05) is 16.6 Å². The van der Waals surface area contributed by atoms with Crippen molar-refractivity contribution in [1.29, 1.82) is 0 Å². The number of halogens is 2. The molecule has 3 aromatic carbocycles. The number of hydrogen-bond donors (Lipinski definition) is 0. The van der Waals surface area contributed by atoms with Gasteiger partial charge in [0.1, 0.15) is 12.4 Å². The summed E-state index contributed by atoms with van der Waals surface area (Å²) in [6, 6.07) is 24.5. The average Bonchev–Trinajstić information content (AvgIpc) is 2.81. The lowest BCUT2D eigenvalue weighted by Gasteiger charge is -2.18. The van der Waals surface area contributed by atoms with E-state index < -0.39 is 0 Å². The molecule has 0 aliphatic carbocycles. The second kappa shape index (κ2) is 12.1. The molecule has 0 aromatic heterocycles. The molecule has 0 bridgehead atoms. The predicted molar refractivity (Wildman–Crippen MR) is 138 cm³/mol. The Morgan fingerprint density at radius 3 is 1.78 bits per heavy atom. The zero-order chi connectivity index (χ0) is 22.9. The van der Waals surface area contributed by atoms with Gasteiger partial charge >= 0.3 is 0 Å². The lowest BCUT2D eigenvalue weighted by Crippen LogP contribution is -2.27. The fourth-order valence-electron chi connectivity index (χ4n) is 3.82. The summed E-state index contributed by atoms with van der Waals surface area (Å²) in [5.41, 5.74) is 6.04. The van der Waals surface area contributed by atoms with Crippen molar-refractivity contribution in [2.24, 2.45) is 0 Å². The normalized spacial score (nSPS) is 12.1. The minimum absolute atomic E-state index is 0.691. The van der Waals surface area contributed by atoms with E-state index in [0.717, 1.165) is 53.0 Å². The Balaban J connectivity index is 1.84. The van der Waals surface area contributed by atoms with Gasteiger partial charge < -0.3 is 9.64 Å². The highest BCUT2D eigenvalue weighted by Crippen LogP contribution is 2.31. The van der Waals surface area contributed by atoms with Crippen LogP contribution in [0.2, 0.25) is 10.0 Å². The Bertz CT molecular complexity index is 1000. The number of hydrogen-bond acceptors (Lipinski definition) is 2. The highest BCUT2D eigenvalue weighted by atomic mass is 35.5. The van der Waals surface area contributed by atoms with Crippen LogP contribution in [0.3, 0.4) is 0 Å². The number of likely N-dealkylation sites (N-methyl/N-ethyl adjacent to an activating group) is 1. The molecule has 0 heterocycles. The number of rotatable bonds is 10. The van der Waals surface area contributed by atoms with E-state index in [1.54, 1.807) is 0 Å². The second-order valence-electron chi connectivity index (χ2n) is 7.87. The summed E-state index contributed by atoms with van der Waals surface area (Å²) < 4.78 is 5.98. The lowest BCUT2D eigenvalue weighted by atomic mass is 9.91. The van der Waals surface area contributed by atoms with Crippen LogP contribution in [-0.2, 0) is 6.42 Å². The maximum Gasteiger partial charge on any atom is 0.119 e. The van der Waals surface area contributed by atoms with Crippen LogP contribution in [0, 0.1) is 0 Å². The zero-order valence-corrected chi connectivity index (χ0v) is 20.6. The van der Waals surface area contributed by atoms with E-state index in [2.05, 4.69) is 74.2 Å². The maximum absolute atomic E-state index is 6.15. The van der Waals surface area contributed by atoms with Gasteiger partial charge in [0.15, 0.2) is 0 Å². The Labute approximate surface area is 202 Å². The van der Waals surface area contributed by atoms with Crippen LogP contribution in [-0.4, -0.2) is 31.1 Å². The van der Waals surface area contributed by atoms with Crippen molar-refractivity contribution in [3.8, 4) is 5.75 Å². The van der Waals surface area contributed by atoms with E-state index in [1.807, 2.05) is 24.3 Å². The summed E-state index contributed by atoms with van der Waals surface area (Å²) >= 11 is 12.2. The van der Waals surface area contributed by atoms with Crippen LogP contribution >= 0.6 is 23.2 Å². The molecule has 0 atom stereocenters. The van der Waals surface area contributed by atoms with E-state index in [9.17, 15) is 0 Å². The molecule has 32 heavy (non-hydrogen) atoms. The van der Waals surface area contributed by atoms with E-state index in [1.165, 1.54) is 16.7 Å². The molecule has 0 radical (unpaired) electrons. The third-order valence-corrected chi connectivity index (χ3v) is 6.16. The first-order valence-electron chi connectivity index (χ1n) is 11.2. The molecule has 0 aliphatic rings. The standard InChI is InChI=1S/C28H31Cl2NO/c1-4-31(5-2)18-19-32-27-16-10-24(11-17-27)28(23-8-14-26(30)15-9-23)21(3)20-22-6-12-25(29)13-7-22/h6-17H,4-5,18-20H2,1-3H3/b28-21+. The monoisotopic (exact) mass is 467 g/mol. The second-order valence-corrected chi connectivity index (χ2v) is 8.74. The molecule has 0 fully saturated rings. The SMILES string of the molecule is CCN(CC)CCOc1ccc(/C(=C(\C)Cc2ccc(Cl)cc2)c2ccc(Cl)cc2)cc1. The van der Waals surface area contributed by atoms with E-state index in [-0.39, 0.29) is 0 Å². The molecule has 0 amide bonds. The first-order chi connectivity index (χ1) is 15.5. The van der Waals surface area contributed by atoms with Gasteiger partial charge in [0.05, 0.1) is 0 Å². The number of ether oxygens (including phenoxy) is 1. The molecule has 3 aromatic rings. The van der Waals surface area contributed by atoms with Gasteiger partial charge in [0.25, 0.3) is 0 Å².